The summed E-state index contributed by atoms with van der Waals surface area (Å²) in [5.74, 6) is -1.29. The summed E-state index contributed by atoms with van der Waals surface area (Å²) in [6, 6.07) is 5.79. The number of nitro groups is 1. The van der Waals surface area contributed by atoms with E-state index in [2.05, 4.69) is 10.3 Å². The molecule has 1 saturated heterocycles. The standard InChI is InChI=1S/C13H11N3O5S/c17-11(18)5-6-14-13-15-12(19)10(22-13)7-8-1-3-9(4-2-8)16(20)21/h1-4,7H,5-6H2,(H,17,18)(H,14,15,19). The zero-order chi connectivity index (χ0) is 16.1. The Morgan fingerprint density at radius 1 is 1.41 bits per heavy atom. The number of non-ortho nitro benzene ring substituents is 1. The SMILES string of the molecule is O=C(O)CCN=C1NC(=O)C(=Cc2ccc([N+](=O)[O-])cc2)S1. The Morgan fingerprint density at radius 2 is 2.09 bits per heavy atom. The molecular weight excluding hydrogens is 310 g/mol. The van der Waals surface area contributed by atoms with E-state index in [0.717, 1.165) is 11.8 Å². The van der Waals surface area contributed by atoms with E-state index >= 15 is 0 Å². The van der Waals surface area contributed by atoms with Crippen LogP contribution in [0.1, 0.15) is 12.0 Å². The lowest BCUT2D eigenvalue weighted by molar-refractivity contribution is -0.384. The van der Waals surface area contributed by atoms with E-state index in [0.29, 0.717) is 15.6 Å². The third-order valence-corrected chi connectivity index (χ3v) is 3.58. The summed E-state index contributed by atoms with van der Waals surface area (Å²) in [6.45, 7) is 0.0861. The van der Waals surface area contributed by atoms with Gasteiger partial charge in [-0.15, -0.1) is 0 Å². The van der Waals surface area contributed by atoms with Gasteiger partial charge in [-0.25, -0.2) is 0 Å². The second kappa shape index (κ2) is 6.85. The summed E-state index contributed by atoms with van der Waals surface area (Å²) in [5.41, 5.74) is 0.622. The molecule has 1 aliphatic heterocycles. The van der Waals surface area contributed by atoms with E-state index in [4.69, 9.17) is 5.11 Å². The van der Waals surface area contributed by atoms with E-state index in [1.807, 2.05) is 0 Å². The smallest absolute Gasteiger partial charge is 0.305 e. The lowest BCUT2D eigenvalue weighted by Crippen LogP contribution is -2.20. The minimum atomic E-state index is -0.958. The Balaban J connectivity index is 2.07. The van der Waals surface area contributed by atoms with Crippen LogP contribution in [0.4, 0.5) is 5.69 Å². The average molecular weight is 321 g/mol. The van der Waals surface area contributed by atoms with Crippen molar-refractivity contribution in [2.24, 2.45) is 4.99 Å². The Kier molecular flexibility index (Phi) is 4.89. The highest BCUT2D eigenvalue weighted by molar-refractivity contribution is 8.18. The van der Waals surface area contributed by atoms with Crippen LogP contribution in [0, 0.1) is 10.1 Å². The zero-order valence-electron chi connectivity index (χ0n) is 11.2. The fourth-order valence-electron chi connectivity index (χ4n) is 1.60. The van der Waals surface area contributed by atoms with Crippen molar-refractivity contribution < 1.29 is 19.6 Å². The molecule has 1 amide bonds. The molecule has 0 atom stereocenters. The van der Waals surface area contributed by atoms with Crippen LogP contribution >= 0.6 is 11.8 Å². The first-order chi connectivity index (χ1) is 10.5. The highest BCUT2D eigenvalue weighted by Gasteiger charge is 2.23. The molecule has 0 aromatic heterocycles. The summed E-state index contributed by atoms with van der Waals surface area (Å²) in [6.07, 6.45) is 1.48. The number of aliphatic imine (C=N–C) groups is 1. The summed E-state index contributed by atoms with van der Waals surface area (Å²) in [7, 11) is 0. The van der Waals surface area contributed by atoms with Gasteiger partial charge >= 0.3 is 5.97 Å². The quantitative estimate of drug-likeness (QED) is 0.483. The molecule has 0 radical (unpaired) electrons. The summed E-state index contributed by atoms with van der Waals surface area (Å²) in [4.78, 5) is 36.6. The predicted octanol–water partition coefficient (Wildman–Crippen LogP) is 1.63. The summed E-state index contributed by atoms with van der Waals surface area (Å²) in [5, 5.41) is 22.0. The van der Waals surface area contributed by atoms with Crippen LogP contribution in [0.3, 0.4) is 0 Å². The van der Waals surface area contributed by atoms with Crippen molar-refractivity contribution in [3.05, 3.63) is 44.8 Å². The first-order valence-corrected chi connectivity index (χ1v) is 6.99. The molecule has 1 aliphatic rings. The zero-order valence-corrected chi connectivity index (χ0v) is 12.0. The lowest BCUT2D eigenvalue weighted by atomic mass is 10.2. The number of carboxylic acids is 1. The number of benzene rings is 1. The van der Waals surface area contributed by atoms with Gasteiger partial charge in [-0.05, 0) is 35.5 Å². The number of hydrogen-bond donors (Lipinski definition) is 2. The fraction of sp³-hybridized carbons (Fsp3) is 0.154. The number of nitrogens with zero attached hydrogens (tertiary/aromatic N) is 2. The minimum absolute atomic E-state index is 0.0263. The highest BCUT2D eigenvalue weighted by atomic mass is 32.2. The Labute approximate surface area is 129 Å². The molecule has 0 saturated carbocycles. The molecule has 0 bridgehead atoms. The molecule has 2 rings (SSSR count). The number of thioether (sulfide) groups is 1. The van der Waals surface area contributed by atoms with Crippen molar-refractivity contribution in [1.82, 2.24) is 5.32 Å². The van der Waals surface area contributed by atoms with Crippen LogP contribution in [-0.2, 0) is 9.59 Å². The molecule has 22 heavy (non-hydrogen) atoms. The maximum absolute atomic E-state index is 11.8. The number of nitrogens with one attached hydrogen (secondary N) is 1. The van der Waals surface area contributed by atoms with Gasteiger partial charge in [-0.3, -0.25) is 24.7 Å². The van der Waals surface area contributed by atoms with E-state index in [-0.39, 0.29) is 24.6 Å². The van der Waals surface area contributed by atoms with Crippen molar-refractivity contribution in [2.45, 2.75) is 6.42 Å². The molecule has 0 unspecified atom stereocenters. The third-order valence-electron chi connectivity index (χ3n) is 2.63. The maximum Gasteiger partial charge on any atom is 0.305 e. The number of amidine groups is 1. The van der Waals surface area contributed by atoms with Crippen molar-refractivity contribution >= 4 is 40.6 Å². The fourth-order valence-corrected chi connectivity index (χ4v) is 2.44. The van der Waals surface area contributed by atoms with E-state index < -0.39 is 10.9 Å². The van der Waals surface area contributed by atoms with Gasteiger partial charge in [0.1, 0.15) is 0 Å². The van der Waals surface area contributed by atoms with Gasteiger partial charge in [0, 0.05) is 12.1 Å². The van der Waals surface area contributed by atoms with Crippen LogP contribution in [-0.4, -0.2) is 33.6 Å². The number of amides is 1. The Bertz CT molecular complexity index is 681. The van der Waals surface area contributed by atoms with Gasteiger partial charge in [0.2, 0.25) is 0 Å². The number of nitro benzene ring substituents is 1. The number of hydrogen-bond acceptors (Lipinski definition) is 6. The Morgan fingerprint density at radius 3 is 2.68 bits per heavy atom. The van der Waals surface area contributed by atoms with Crippen LogP contribution in [0.5, 0.6) is 0 Å². The molecule has 0 aliphatic carbocycles. The lowest BCUT2D eigenvalue weighted by Gasteiger charge is -1.95. The van der Waals surface area contributed by atoms with Gasteiger partial charge in [-0.1, -0.05) is 0 Å². The van der Waals surface area contributed by atoms with Crippen LogP contribution in [0.25, 0.3) is 6.08 Å². The van der Waals surface area contributed by atoms with Gasteiger partial charge in [0.25, 0.3) is 11.6 Å². The van der Waals surface area contributed by atoms with Crippen molar-refractivity contribution in [1.29, 1.82) is 0 Å². The van der Waals surface area contributed by atoms with Crippen LogP contribution < -0.4 is 5.32 Å². The first-order valence-electron chi connectivity index (χ1n) is 6.17. The van der Waals surface area contributed by atoms with Gasteiger partial charge in [0.05, 0.1) is 22.8 Å². The molecule has 0 spiro atoms. The molecule has 1 fully saturated rings. The second-order valence-corrected chi connectivity index (χ2v) is 5.27. The van der Waals surface area contributed by atoms with Crippen molar-refractivity contribution in [2.75, 3.05) is 6.54 Å². The third kappa shape index (κ3) is 4.16. The number of carboxylic acid groups (broad SMARTS) is 1. The number of carbonyl (C=O) groups is 2. The largest absolute Gasteiger partial charge is 0.481 e. The van der Waals surface area contributed by atoms with E-state index in [1.165, 1.54) is 12.1 Å². The molecule has 9 heteroatoms. The minimum Gasteiger partial charge on any atom is -0.481 e. The predicted molar refractivity (Wildman–Crippen MR) is 81.4 cm³/mol. The Hall–Kier alpha value is -2.68. The monoisotopic (exact) mass is 321 g/mol. The van der Waals surface area contributed by atoms with Gasteiger partial charge < -0.3 is 10.4 Å². The topological polar surface area (TPSA) is 122 Å². The molecule has 2 N–H and O–H groups in total. The van der Waals surface area contributed by atoms with Gasteiger partial charge in [0.15, 0.2) is 5.17 Å². The molecule has 1 aromatic carbocycles. The number of rotatable bonds is 5. The first kappa shape index (κ1) is 15.7. The second-order valence-electron chi connectivity index (χ2n) is 4.24. The van der Waals surface area contributed by atoms with Crippen molar-refractivity contribution in [3.8, 4) is 0 Å². The van der Waals surface area contributed by atoms with E-state index in [1.54, 1.807) is 18.2 Å². The highest BCUT2D eigenvalue weighted by Crippen LogP contribution is 2.26. The molecule has 114 valence electrons. The number of aliphatic carboxylic acids is 1. The maximum atomic E-state index is 11.8. The summed E-state index contributed by atoms with van der Waals surface area (Å²) < 4.78 is 0. The van der Waals surface area contributed by atoms with Crippen LogP contribution in [0.15, 0.2) is 34.2 Å². The van der Waals surface area contributed by atoms with Crippen LogP contribution in [0.2, 0.25) is 0 Å². The molecular formula is C13H11N3O5S. The molecule has 1 heterocycles. The van der Waals surface area contributed by atoms with E-state index in [9.17, 15) is 19.7 Å². The van der Waals surface area contributed by atoms with Gasteiger partial charge in [-0.2, -0.15) is 0 Å². The summed E-state index contributed by atoms with van der Waals surface area (Å²) >= 11 is 1.10. The molecule has 1 aromatic rings. The number of carbonyl (C=O) groups excluding carboxylic acids is 1. The molecule has 8 nitrogen and oxygen atoms in total. The normalized spacial score (nSPS) is 17.7. The average Bonchev–Trinajstić information content (AvgIpc) is 2.79. The van der Waals surface area contributed by atoms with Crippen molar-refractivity contribution in [3.63, 3.8) is 0 Å².